The molecule has 1 heterocycles. The third-order valence-electron chi connectivity index (χ3n) is 5.25. The van der Waals surface area contributed by atoms with Gasteiger partial charge in [0.2, 0.25) is 5.91 Å². The number of piperidine rings is 1. The Balaban J connectivity index is 1.59. The van der Waals surface area contributed by atoms with Gasteiger partial charge in [0.15, 0.2) is 0 Å². The van der Waals surface area contributed by atoms with Gasteiger partial charge in [-0.2, -0.15) is 0 Å². The predicted octanol–water partition coefficient (Wildman–Crippen LogP) is 3.51. The van der Waals surface area contributed by atoms with Gasteiger partial charge in [0, 0.05) is 13.1 Å². The second kappa shape index (κ2) is 7.09. The summed E-state index contributed by atoms with van der Waals surface area (Å²) in [7, 11) is 0. The van der Waals surface area contributed by atoms with Crippen LogP contribution in [0.3, 0.4) is 0 Å². The molecule has 2 aromatic rings. The highest BCUT2D eigenvalue weighted by molar-refractivity contribution is 5.87. The van der Waals surface area contributed by atoms with Crippen molar-refractivity contribution in [2.24, 2.45) is 0 Å². The van der Waals surface area contributed by atoms with Crippen molar-refractivity contribution in [1.82, 2.24) is 4.90 Å². The molecule has 0 spiro atoms. The van der Waals surface area contributed by atoms with E-state index in [2.05, 4.69) is 31.2 Å². The molecule has 1 aliphatic rings. The summed E-state index contributed by atoms with van der Waals surface area (Å²) >= 11 is 0. The number of carbonyl (C=O) groups excluding carboxylic acids is 1. The van der Waals surface area contributed by atoms with Gasteiger partial charge in [-0.25, -0.2) is 4.79 Å². The molecule has 1 aliphatic heterocycles. The van der Waals surface area contributed by atoms with E-state index in [9.17, 15) is 9.59 Å². The van der Waals surface area contributed by atoms with Gasteiger partial charge in [0.25, 0.3) is 0 Å². The van der Waals surface area contributed by atoms with Crippen LogP contribution in [0.1, 0.15) is 41.3 Å². The summed E-state index contributed by atoms with van der Waals surface area (Å²) < 4.78 is 0. The topological polar surface area (TPSA) is 57.6 Å². The zero-order valence-corrected chi connectivity index (χ0v) is 14.4. The van der Waals surface area contributed by atoms with Crippen LogP contribution in [0.4, 0.5) is 0 Å². The van der Waals surface area contributed by atoms with E-state index in [1.54, 1.807) is 24.3 Å². The van der Waals surface area contributed by atoms with Crippen LogP contribution in [-0.2, 0) is 16.6 Å². The molecule has 2 aromatic carbocycles. The van der Waals surface area contributed by atoms with Crippen molar-refractivity contribution in [3.63, 3.8) is 0 Å². The first kappa shape index (κ1) is 17.2. The Kier molecular flexibility index (Phi) is 4.88. The predicted molar refractivity (Wildman–Crippen MR) is 96.7 cm³/mol. The zero-order valence-electron chi connectivity index (χ0n) is 14.4. The molecule has 0 aliphatic carbocycles. The van der Waals surface area contributed by atoms with E-state index in [1.807, 2.05) is 11.0 Å². The van der Waals surface area contributed by atoms with Crippen LogP contribution in [-0.4, -0.2) is 35.0 Å². The minimum atomic E-state index is -0.950. The molecule has 4 heteroatoms. The Labute approximate surface area is 148 Å². The molecule has 25 heavy (non-hydrogen) atoms. The molecule has 0 unspecified atom stereocenters. The Bertz CT molecular complexity index is 744. The number of hydrogen-bond donors (Lipinski definition) is 1. The van der Waals surface area contributed by atoms with E-state index in [0.717, 1.165) is 31.5 Å². The van der Waals surface area contributed by atoms with Gasteiger partial charge < -0.3 is 10.0 Å². The molecular weight excluding hydrogens is 314 g/mol. The normalized spacial score (nSPS) is 16.4. The molecule has 0 bridgehead atoms. The standard InChI is InChI=1S/C21H23NO3/c1-21(18-5-3-2-4-6-18)11-13-22(14-12-21)19(23)15-16-7-9-17(10-8-16)20(24)25/h2-10H,11-15H2,1H3,(H,24,25). The second-order valence-electron chi connectivity index (χ2n) is 6.99. The van der Waals surface area contributed by atoms with E-state index in [4.69, 9.17) is 5.11 Å². The third kappa shape index (κ3) is 3.90. The second-order valence-corrected chi connectivity index (χ2v) is 6.99. The minimum absolute atomic E-state index is 0.109. The number of amides is 1. The van der Waals surface area contributed by atoms with Crippen LogP contribution in [0.5, 0.6) is 0 Å². The van der Waals surface area contributed by atoms with Gasteiger partial charge in [0.1, 0.15) is 0 Å². The van der Waals surface area contributed by atoms with E-state index >= 15 is 0 Å². The number of likely N-dealkylation sites (tertiary alicyclic amines) is 1. The maximum atomic E-state index is 12.5. The molecule has 4 nitrogen and oxygen atoms in total. The molecular formula is C21H23NO3. The molecule has 0 radical (unpaired) electrons. The van der Waals surface area contributed by atoms with Gasteiger partial charge in [0.05, 0.1) is 12.0 Å². The van der Waals surface area contributed by atoms with Crippen LogP contribution in [0.15, 0.2) is 54.6 Å². The van der Waals surface area contributed by atoms with Gasteiger partial charge in [-0.05, 0) is 41.5 Å². The average molecular weight is 337 g/mol. The molecule has 1 N–H and O–H groups in total. The SMILES string of the molecule is CC1(c2ccccc2)CCN(C(=O)Cc2ccc(C(=O)O)cc2)CC1. The van der Waals surface area contributed by atoms with Crippen molar-refractivity contribution in [3.8, 4) is 0 Å². The van der Waals surface area contributed by atoms with E-state index < -0.39 is 5.97 Å². The average Bonchev–Trinajstić information content (AvgIpc) is 2.63. The summed E-state index contributed by atoms with van der Waals surface area (Å²) in [4.78, 5) is 25.4. The Hall–Kier alpha value is -2.62. The number of rotatable bonds is 4. The summed E-state index contributed by atoms with van der Waals surface area (Å²) in [6, 6.07) is 17.0. The summed E-state index contributed by atoms with van der Waals surface area (Å²) in [5.41, 5.74) is 2.56. The highest BCUT2D eigenvalue weighted by atomic mass is 16.4. The summed E-state index contributed by atoms with van der Waals surface area (Å²) in [5.74, 6) is -0.840. The molecule has 1 saturated heterocycles. The molecule has 1 fully saturated rings. The fourth-order valence-corrected chi connectivity index (χ4v) is 3.43. The number of carboxylic acid groups (broad SMARTS) is 1. The maximum Gasteiger partial charge on any atom is 0.335 e. The first-order valence-corrected chi connectivity index (χ1v) is 8.63. The van der Waals surface area contributed by atoms with Crippen LogP contribution < -0.4 is 0 Å². The summed E-state index contributed by atoms with van der Waals surface area (Å²) in [5, 5.41) is 8.93. The van der Waals surface area contributed by atoms with Crippen molar-refractivity contribution in [1.29, 1.82) is 0 Å². The van der Waals surface area contributed by atoms with Crippen molar-refractivity contribution in [2.45, 2.75) is 31.6 Å². The molecule has 0 atom stereocenters. The monoisotopic (exact) mass is 337 g/mol. The Morgan fingerprint density at radius 3 is 2.16 bits per heavy atom. The van der Waals surface area contributed by atoms with E-state index in [-0.39, 0.29) is 16.9 Å². The minimum Gasteiger partial charge on any atom is -0.478 e. The Morgan fingerprint density at radius 1 is 1.00 bits per heavy atom. The molecule has 1 amide bonds. The Morgan fingerprint density at radius 2 is 1.60 bits per heavy atom. The molecule has 130 valence electrons. The first-order valence-electron chi connectivity index (χ1n) is 8.63. The number of carbonyl (C=O) groups is 2. The maximum absolute atomic E-state index is 12.5. The zero-order chi connectivity index (χ0) is 17.9. The van der Waals surface area contributed by atoms with Crippen molar-refractivity contribution in [3.05, 3.63) is 71.3 Å². The smallest absolute Gasteiger partial charge is 0.335 e. The fraction of sp³-hybridized carbons (Fsp3) is 0.333. The summed E-state index contributed by atoms with van der Waals surface area (Å²) in [6.07, 6.45) is 2.24. The number of hydrogen-bond acceptors (Lipinski definition) is 2. The summed E-state index contributed by atoms with van der Waals surface area (Å²) in [6.45, 7) is 3.80. The van der Waals surface area contributed by atoms with Crippen molar-refractivity contribution >= 4 is 11.9 Å². The highest BCUT2D eigenvalue weighted by Gasteiger charge is 2.33. The van der Waals surface area contributed by atoms with Gasteiger partial charge in [-0.3, -0.25) is 4.79 Å². The van der Waals surface area contributed by atoms with Gasteiger partial charge in [-0.1, -0.05) is 49.4 Å². The molecule has 0 saturated carbocycles. The van der Waals surface area contributed by atoms with Crippen LogP contribution in [0.25, 0.3) is 0 Å². The van der Waals surface area contributed by atoms with Crippen LogP contribution in [0.2, 0.25) is 0 Å². The van der Waals surface area contributed by atoms with Crippen LogP contribution >= 0.6 is 0 Å². The quantitative estimate of drug-likeness (QED) is 0.929. The number of nitrogens with zero attached hydrogens (tertiary/aromatic N) is 1. The van der Waals surface area contributed by atoms with Crippen LogP contribution in [0, 0.1) is 0 Å². The molecule has 3 rings (SSSR count). The third-order valence-corrected chi connectivity index (χ3v) is 5.25. The van der Waals surface area contributed by atoms with Gasteiger partial charge >= 0.3 is 5.97 Å². The lowest BCUT2D eigenvalue weighted by atomic mass is 9.74. The number of benzene rings is 2. The number of carboxylic acids is 1. The van der Waals surface area contributed by atoms with Crippen molar-refractivity contribution in [2.75, 3.05) is 13.1 Å². The fourth-order valence-electron chi connectivity index (χ4n) is 3.43. The lowest BCUT2D eigenvalue weighted by Gasteiger charge is -2.40. The lowest BCUT2D eigenvalue weighted by molar-refractivity contribution is -0.132. The number of aromatic carboxylic acids is 1. The van der Waals surface area contributed by atoms with Gasteiger partial charge in [-0.15, -0.1) is 0 Å². The molecule has 0 aromatic heterocycles. The highest BCUT2D eigenvalue weighted by Crippen LogP contribution is 2.34. The first-order chi connectivity index (χ1) is 12.0. The van der Waals surface area contributed by atoms with Crippen molar-refractivity contribution < 1.29 is 14.7 Å². The van der Waals surface area contributed by atoms with E-state index in [1.165, 1.54) is 5.56 Å². The lowest BCUT2D eigenvalue weighted by Crippen LogP contribution is -2.44. The largest absolute Gasteiger partial charge is 0.478 e. The van der Waals surface area contributed by atoms with E-state index in [0.29, 0.717) is 6.42 Å².